The Morgan fingerprint density at radius 2 is 1.89 bits per heavy atom. The van der Waals surface area contributed by atoms with Crippen LogP contribution >= 0.6 is 0 Å². The van der Waals surface area contributed by atoms with Gasteiger partial charge >= 0.3 is 6.61 Å². The lowest BCUT2D eigenvalue weighted by molar-refractivity contribution is -0.112. The number of para-hydroxylation sites is 1. The Kier molecular flexibility index (Phi) is 4.44. The third-order valence-corrected chi connectivity index (χ3v) is 4.08. The number of nitrogens with zero attached hydrogens (tertiary/aromatic N) is 1. The van der Waals surface area contributed by atoms with Crippen LogP contribution in [0.5, 0.6) is 5.75 Å². The molecule has 0 aliphatic heterocycles. The van der Waals surface area contributed by atoms with E-state index in [2.05, 4.69) is 15.0 Å². The largest absolute Gasteiger partial charge is 0.452 e. The minimum atomic E-state index is -3.06. The monoisotopic (exact) mass is 382 g/mol. The molecule has 0 spiro atoms. The standard InChI is InChI=1S/C20H12F2N2O4/c21-20(22)28-15-8-7-13(16-12-5-1-2-6-14(12)27-18(15)16)17(25)19(26)24-11-4-3-9-23-10-11/h1-10,20H,(H,24,26). The van der Waals surface area contributed by atoms with Gasteiger partial charge in [0.1, 0.15) is 5.58 Å². The van der Waals surface area contributed by atoms with Crippen molar-refractivity contribution in [2.24, 2.45) is 0 Å². The summed E-state index contributed by atoms with van der Waals surface area (Å²) < 4.78 is 35.6. The average molecular weight is 382 g/mol. The topological polar surface area (TPSA) is 81.4 Å². The van der Waals surface area contributed by atoms with Crippen molar-refractivity contribution in [2.45, 2.75) is 6.61 Å². The summed E-state index contributed by atoms with van der Waals surface area (Å²) in [7, 11) is 0. The number of furan rings is 1. The van der Waals surface area contributed by atoms with Gasteiger partial charge in [-0.15, -0.1) is 0 Å². The molecule has 0 saturated heterocycles. The molecule has 4 aromatic rings. The molecule has 2 heterocycles. The molecule has 0 fully saturated rings. The first-order valence-electron chi connectivity index (χ1n) is 8.19. The van der Waals surface area contributed by atoms with Gasteiger partial charge in [-0.1, -0.05) is 18.2 Å². The van der Waals surface area contributed by atoms with E-state index in [0.717, 1.165) is 0 Å². The van der Waals surface area contributed by atoms with Crippen molar-refractivity contribution in [3.05, 3.63) is 66.5 Å². The van der Waals surface area contributed by atoms with E-state index in [1.54, 1.807) is 36.4 Å². The molecule has 2 aromatic heterocycles. The number of rotatable bonds is 5. The number of benzene rings is 2. The van der Waals surface area contributed by atoms with E-state index in [1.165, 1.54) is 24.5 Å². The Bertz CT molecular complexity index is 1190. The van der Waals surface area contributed by atoms with Gasteiger partial charge in [-0.05, 0) is 30.3 Å². The number of amides is 1. The molecule has 0 aliphatic carbocycles. The van der Waals surface area contributed by atoms with Crippen LogP contribution in [0.3, 0.4) is 0 Å². The molecule has 1 amide bonds. The number of fused-ring (bicyclic) bond motifs is 3. The second-order valence-corrected chi connectivity index (χ2v) is 5.82. The van der Waals surface area contributed by atoms with Crippen molar-refractivity contribution in [3.8, 4) is 5.75 Å². The summed E-state index contributed by atoms with van der Waals surface area (Å²) in [5.41, 5.74) is 0.723. The Hall–Kier alpha value is -3.81. The van der Waals surface area contributed by atoms with Crippen molar-refractivity contribution < 1.29 is 27.5 Å². The van der Waals surface area contributed by atoms with Gasteiger partial charge in [-0.25, -0.2) is 0 Å². The highest BCUT2D eigenvalue weighted by Gasteiger charge is 2.25. The van der Waals surface area contributed by atoms with Gasteiger partial charge in [-0.2, -0.15) is 8.78 Å². The van der Waals surface area contributed by atoms with Crippen molar-refractivity contribution in [3.63, 3.8) is 0 Å². The molecule has 0 aliphatic rings. The number of hydrogen-bond acceptors (Lipinski definition) is 5. The number of anilines is 1. The summed E-state index contributed by atoms with van der Waals surface area (Å²) >= 11 is 0. The summed E-state index contributed by atoms with van der Waals surface area (Å²) in [6.45, 7) is -3.06. The van der Waals surface area contributed by atoms with Crippen LogP contribution in [0.25, 0.3) is 21.9 Å². The molecule has 1 N–H and O–H groups in total. The lowest BCUT2D eigenvalue weighted by Crippen LogP contribution is -2.23. The van der Waals surface area contributed by atoms with Gasteiger partial charge in [0.15, 0.2) is 11.3 Å². The fraction of sp³-hybridized carbons (Fsp3) is 0.0500. The number of nitrogens with one attached hydrogen (secondary N) is 1. The van der Waals surface area contributed by atoms with Crippen LogP contribution in [0, 0.1) is 0 Å². The summed E-state index contributed by atoms with van der Waals surface area (Å²) in [5, 5.41) is 3.20. The zero-order chi connectivity index (χ0) is 19.7. The van der Waals surface area contributed by atoms with E-state index < -0.39 is 18.3 Å². The molecule has 4 rings (SSSR count). The zero-order valence-corrected chi connectivity index (χ0v) is 14.2. The molecule has 140 valence electrons. The third kappa shape index (κ3) is 3.16. The highest BCUT2D eigenvalue weighted by atomic mass is 19.3. The molecule has 0 atom stereocenters. The van der Waals surface area contributed by atoms with E-state index in [4.69, 9.17) is 4.42 Å². The third-order valence-electron chi connectivity index (χ3n) is 4.08. The predicted molar refractivity (Wildman–Crippen MR) is 97.5 cm³/mol. The summed E-state index contributed by atoms with van der Waals surface area (Å²) in [6.07, 6.45) is 2.92. The second kappa shape index (κ2) is 7.07. The number of aromatic nitrogens is 1. The number of ether oxygens (including phenoxy) is 1. The molecule has 2 aromatic carbocycles. The Morgan fingerprint density at radius 3 is 2.64 bits per heavy atom. The van der Waals surface area contributed by atoms with Crippen LogP contribution in [0.2, 0.25) is 0 Å². The van der Waals surface area contributed by atoms with Crippen molar-refractivity contribution in [1.29, 1.82) is 0 Å². The Morgan fingerprint density at radius 1 is 1.07 bits per heavy atom. The Labute approximate surface area is 156 Å². The normalized spacial score (nSPS) is 11.1. The van der Waals surface area contributed by atoms with Gasteiger partial charge in [0.25, 0.3) is 11.7 Å². The number of pyridine rings is 1. The van der Waals surface area contributed by atoms with Crippen LogP contribution in [0.1, 0.15) is 10.4 Å². The number of carbonyl (C=O) groups is 2. The number of hydrogen-bond donors (Lipinski definition) is 1. The Balaban J connectivity index is 1.82. The van der Waals surface area contributed by atoms with Gasteiger partial charge in [-0.3, -0.25) is 14.6 Å². The van der Waals surface area contributed by atoms with E-state index in [1.807, 2.05) is 0 Å². The first kappa shape index (κ1) is 17.6. The van der Waals surface area contributed by atoms with Gasteiger partial charge in [0.05, 0.1) is 11.9 Å². The first-order valence-corrected chi connectivity index (χ1v) is 8.19. The van der Waals surface area contributed by atoms with Crippen molar-refractivity contribution >= 4 is 39.3 Å². The molecular formula is C20H12F2N2O4. The van der Waals surface area contributed by atoms with Crippen LogP contribution in [-0.2, 0) is 4.79 Å². The smallest absolute Gasteiger partial charge is 0.387 e. The van der Waals surface area contributed by atoms with Crippen LogP contribution in [0.15, 0.2) is 65.3 Å². The maximum Gasteiger partial charge on any atom is 0.387 e. The molecule has 8 heteroatoms. The van der Waals surface area contributed by atoms with Crippen molar-refractivity contribution in [2.75, 3.05) is 5.32 Å². The quantitative estimate of drug-likeness (QED) is 0.409. The average Bonchev–Trinajstić information content (AvgIpc) is 3.08. The van der Waals surface area contributed by atoms with Crippen LogP contribution < -0.4 is 10.1 Å². The zero-order valence-electron chi connectivity index (χ0n) is 14.2. The molecule has 6 nitrogen and oxygen atoms in total. The lowest BCUT2D eigenvalue weighted by atomic mass is 10.0. The SMILES string of the molecule is O=C(Nc1cccnc1)C(=O)c1ccc(OC(F)F)c2oc3ccccc3c12. The van der Waals surface area contributed by atoms with Crippen molar-refractivity contribution in [1.82, 2.24) is 4.98 Å². The molecule has 0 radical (unpaired) electrons. The summed E-state index contributed by atoms with van der Waals surface area (Å²) in [6, 6.07) is 12.4. The van der Waals surface area contributed by atoms with Gasteiger partial charge in [0.2, 0.25) is 0 Å². The molecule has 0 bridgehead atoms. The molecule has 0 unspecified atom stereocenters. The second-order valence-electron chi connectivity index (χ2n) is 5.82. The van der Waals surface area contributed by atoms with E-state index in [-0.39, 0.29) is 22.3 Å². The number of carbonyl (C=O) groups excluding carboxylic acids is 2. The summed E-state index contributed by atoms with van der Waals surface area (Å²) in [4.78, 5) is 29.0. The van der Waals surface area contributed by atoms with Gasteiger partial charge < -0.3 is 14.5 Å². The van der Waals surface area contributed by atoms with E-state index in [9.17, 15) is 18.4 Å². The highest BCUT2D eigenvalue weighted by molar-refractivity contribution is 6.49. The number of Topliss-reactive ketones (excluding diaryl/α,β-unsaturated/α-hetero) is 1. The predicted octanol–water partition coefficient (Wildman–Crippen LogP) is 4.40. The molecular weight excluding hydrogens is 370 g/mol. The minimum Gasteiger partial charge on any atom is -0.452 e. The van der Waals surface area contributed by atoms with Gasteiger partial charge in [0, 0.05) is 22.5 Å². The number of halogens is 2. The molecule has 0 saturated carbocycles. The maximum atomic E-state index is 12.8. The summed E-state index contributed by atoms with van der Waals surface area (Å²) in [5.74, 6) is -1.95. The lowest BCUT2D eigenvalue weighted by Gasteiger charge is -2.08. The van der Waals surface area contributed by atoms with Crippen LogP contribution in [-0.4, -0.2) is 23.3 Å². The molecule has 28 heavy (non-hydrogen) atoms. The van der Waals surface area contributed by atoms with Crippen LogP contribution in [0.4, 0.5) is 14.5 Å². The first-order chi connectivity index (χ1) is 13.5. The van der Waals surface area contributed by atoms with E-state index in [0.29, 0.717) is 16.7 Å². The fourth-order valence-corrected chi connectivity index (χ4v) is 2.93. The number of alkyl halides is 2. The van der Waals surface area contributed by atoms with E-state index >= 15 is 0 Å². The maximum absolute atomic E-state index is 12.8. The minimum absolute atomic E-state index is 0.0166. The fourth-order valence-electron chi connectivity index (χ4n) is 2.93. The highest BCUT2D eigenvalue weighted by Crippen LogP contribution is 2.38. The number of ketones is 1.